The van der Waals surface area contributed by atoms with Gasteiger partial charge in [0.1, 0.15) is 12.2 Å². The summed E-state index contributed by atoms with van der Waals surface area (Å²) < 4.78 is 18.2. The van der Waals surface area contributed by atoms with Gasteiger partial charge in [-0.1, -0.05) is 36.4 Å². The Kier molecular flexibility index (Phi) is 7.49. The quantitative estimate of drug-likeness (QED) is 0.366. The van der Waals surface area contributed by atoms with Crippen LogP contribution >= 0.6 is 0 Å². The van der Waals surface area contributed by atoms with Crippen LogP contribution in [-0.2, 0) is 9.47 Å². The first-order chi connectivity index (χ1) is 16.2. The second-order valence-electron chi connectivity index (χ2n) is 7.55. The molecule has 0 radical (unpaired) electrons. The first kappa shape index (κ1) is 22.7. The van der Waals surface area contributed by atoms with Crippen LogP contribution in [0.5, 0.6) is 5.88 Å². The van der Waals surface area contributed by atoms with E-state index in [2.05, 4.69) is 10.00 Å². The van der Waals surface area contributed by atoms with Gasteiger partial charge in [-0.15, -0.1) is 0 Å². The van der Waals surface area contributed by atoms with E-state index in [1.807, 2.05) is 42.5 Å². The molecule has 1 saturated heterocycles. The van der Waals surface area contributed by atoms with Crippen molar-refractivity contribution < 1.29 is 23.8 Å². The number of nitrogens with zero attached hydrogens (tertiary/aromatic N) is 3. The number of morpholine rings is 1. The lowest BCUT2D eigenvalue weighted by molar-refractivity contribution is 0.0316. The highest BCUT2D eigenvalue weighted by Gasteiger charge is 2.22. The van der Waals surface area contributed by atoms with Crippen molar-refractivity contribution >= 4 is 12.3 Å². The van der Waals surface area contributed by atoms with E-state index in [0.717, 1.165) is 42.7 Å². The van der Waals surface area contributed by atoms with E-state index >= 15 is 0 Å². The number of benzene rings is 2. The third kappa shape index (κ3) is 5.30. The van der Waals surface area contributed by atoms with Crippen molar-refractivity contribution in [1.82, 2.24) is 14.7 Å². The molecule has 1 aliphatic heterocycles. The van der Waals surface area contributed by atoms with Crippen molar-refractivity contribution in [1.29, 1.82) is 0 Å². The molecule has 3 aromatic rings. The molecule has 0 unspecified atom stereocenters. The first-order valence-corrected chi connectivity index (χ1v) is 11.0. The maximum absolute atomic E-state index is 12.5. The lowest BCUT2D eigenvalue weighted by atomic mass is 10.0. The molecule has 0 spiro atoms. The summed E-state index contributed by atoms with van der Waals surface area (Å²) in [5, 5.41) is 4.39. The number of rotatable bonds is 9. The number of esters is 1. The van der Waals surface area contributed by atoms with E-state index in [9.17, 15) is 9.59 Å². The molecule has 8 nitrogen and oxygen atoms in total. The molecule has 0 amide bonds. The summed E-state index contributed by atoms with van der Waals surface area (Å²) in [5.74, 6) is -0.121. The second kappa shape index (κ2) is 10.9. The third-order valence-corrected chi connectivity index (χ3v) is 5.48. The Morgan fingerprint density at radius 1 is 1.12 bits per heavy atom. The van der Waals surface area contributed by atoms with Crippen molar-refractivity contribution in [3.8, 4) is 22.7 Å². The number of aldehydes is 1. The number of ether oxygens (including phenoxy) is 3. The van der Waals surface area contributed by atoms with Crippen LogP contribution in [0.3, 0.4) is 0 Å². The van der Waals surface area contributed by atoms with E-state index in [-0.39, 0.29) is 12.2 Å². The first-order valence-electron chi connectivity index (χ1n) is 11.0. The molecular weight excluding hydrogens is 422 g/mol. The van der Waals surface area contributed by atoms with Gasteiger partial charge < -0.3 is 14.2 Å². The predicted octanol–water partition coefficient (Wildman–Crippen LogP) is 3.24. The largest absolute Gasteiger partial charge is 0.476 e. The highest BCUT2D eigenvalue weighted by Crippen LogP contribution is 2.27. The van der Waals surface area contributed by atoms with Crippen molar-refractivity contribution in [2.75, 3.05) is 46.1 Å². The maximum atomic E-state index is 12.5. The van der Waals surface area contributed by atoms with Gasteiger partial charge in [0, 0.05) is 25.2 Å². The molecule has 0 saturated carbocycles. The standard InChI is InChI=1S/C25H27N3O5/c1-2-32-25(30)23-17-26-28(24(23)33-16-13-27-11-14-31-15-12-27)21-9-7-19(8-10-21)22-6-4-3-5-20(22)18-29/h3-10,17-18H,2,11-16H2,1H3. The predicted molar refractivity (Wildman–Crippen MR) is 123 cm³/mol. The molecule has 172 valence electrons. The number of hydrogen-bond donors (Lipinski definition) is 0. The van der Waals surface area contributed by atoms with Gasteiger partial charge in [0.15, 0.2) is 6.29 Å². The molecule has 0 N–H and O–H groups in total. The Morgan fingerprint density at radius 2 is 1.88 bits per heavy atom. The zero-order valence-corrected chi connectivity index (χ0v) is 18.6. The van der Waals surface area contributed by atoms with Gasteiger partial charge in [0.25, 0.3) is 0 Å². The lowest BCUT2D eigenvalue weighted by Crippen LogP contribution is -2.38. The molecule has 0 atom stereocenters. The number of carbonyl (C=O) groups excluding carboxylic acids is 2. The molecule has 33 heavy (non-hydrogen) atoms. The van der Waals surface area contributed by atoms with E-state index in [1.165, 1.54) is 6.20 Å². The van der Waals surface area contributed by atoms with Gasteiger partial charge in [-0.2, -0.15) is 5.10 Å². The molecular formula is C25H27N3O5. The van der Waals surface area contributed by atoms with Gasteiger partial charge in [0.2, 0.25) is 5.88 Å². The fourth-order valence-corrected chi connectivity index (χ4v) is 3.75. The van der Waals surface area contributed by atoms with Crippen molar-refractivity contribution in [3.63, 3.8) is 0 Å². The minimum atomic E-state index is -0.471. The van der Waals surface area contributed by atoms with Crippen LogP contribution < -0.4 is 4.74 Å². The molecule has 2 aromatic carbocycles. The topological polar surface area (TPSA) is 82.9 Å². The van der Waals surface area contributed by atoms with Gasteiger partial charge in [-0.3, -0.25) is 9.69 Å². The Balaban J connectivity index is 1.58. The second-order valence-corrected chi connectivity index (χ2v) is 7.55. The van der Waals surface area contributed by atoms with E-state index in [1.54, 1.807) is 17.7 Å². The average molecular weight is 450 g/mol. The van der Waals surface area contributed by atoms with Crippen LogP contribution in [0.15, 0.2) is 54.7 Å². The van der Waals surface area contributed by atoms with Crippen LogP contribution in [-0.4, -0.2) is 73.0 Å². The zero-order chi connectivity index (χ0) is 23.0. The molecule has 1 aliphatic rings. The Labute approximate surface area is 192 Å². The van der Waals surface area contributed by atoms with Crippen molar-refractivity contribution in [3.05, 3.63) is 65.9 Å². The fraction of sp³-hybridized carbons (Fsp3) is 0.320. The number of hydrogen-bond acceptors (Lipinski definition) is 7. The van der Waals surface area contributed by atoms with Crippen LogP contribution in [0.2, 0.25) is 0 Å². The smallest absolute Gasteiger partial charge is 0.345 e. The van der Waals surface area contributed by atoms with Gasteiger partial charge >= 0.3 is 5.97 Å². The Bertz CT molecular complexity index is 1090. The lowest BCUT2D eigenvalue weighted by Gasteiger charge is -2.26. The molecule has 1 aromatic heterocycles. The Hall–Kier alpha value is -3.49. The van der Waals surface area contributed by atoms with Crippen LogP contribution in [0.1, 0.15) is 27.6 Å². The molecule has 8 heteroatoms. The van der Waals surface area contributed by atoms with Crippen LogP contribution in [0.4, 0.5) is 0 Å². The summed E-state index contributed by atoms with van der Waals surface area (Å²) in [5.41, 5.74) is 3.41. The molecule has 0 aliphatic carbocycles. The highest BCUT2D eigenvalue weighted by atomic mass is 16.5. The summed E-state index contributed by atoms with van der Waals surface area (Å²) >= 11 is 0. The normalized spacial score (nSPS) is 14.1. The summed E-state index contributed by atoms with van der Waals surface area (Å²) in [6, 6.07) is 15.0. The van der Waals surface area contributed by atoms with E-state index < -0.39 is 5.97 Å². The van der Waals surface area contributed by atoms with Gasteiger partial charge in [-0.05, 0) is 30.2 Å². The number of aromatic nitrogens is 2. The monoisotopic (exact) mass is 449 g/mol. The van der Waals surface area contributed by atoms with Crippen LogP contribution in [0.25, 0.3) is 16.8 Å². The Morgan fingerprint density at radius 3 is 2.61 bits per heavy atom. The van der Waals surface area contributed by atoms with Crippen molar-refractivity contribution in [2.45, 2.75) is 6.92 Å². The van der Waals surface area contributed by atoms with E-state index in [0.29, 0.717) is 31.3 Å². The highest BCUT2D eigenvalue weighted by molar-refractivity contribution is 5.92. The summed E-state index contributed by atoms with van der Waals surface area (Å²) in [4.78, 5) is 26.1. The molecule has 4 rings (SSSR count). The molecule has 0 bridgehead atoms. The minimum absolute atomic E-state index is 0.266. The SMILES string of the molecule is CCOC(=O)c1cnn(-c2ccc(-c3ccccc3C=O)cc2)c1OCCN1CCOCC1. The third-order valence-electron chi connectivity index (χ3n) is 5.48. The fourth-order valence-electron chi connectivity index (χ4n) is 3.75. The maximum Gasteiger partial charge on any atom is 0.345 e. The summed E-state index contributed by atoms with van der Waals surface area (Å²) in [6.45, 7) is 6.30. The average Bonchev–Trinajstić information content (AvgIpc) is 3.29. The van der Waals surface area contributed by atoms with Gasteiger partial charge in [0.05, 0.1) is 31.7 Å². The number of carbonyl (C=O) groups is 2. The molecule has 1 fully saturated rings. The minimum Gasteiger partial charge on any atom is -0.476 e. The van der Waals surface area contributed by atoms with Gasteiger partial charge in [-0.25, -0.2) is 9.48 Å². The zero-order valence-electron chi connectivity index (χ0n) is 18.6. The summed E-state index contributed by atoms with van der Waals surface area (Å²) in [6.07, 6.45) is 2.32. The van der Waals surface area contributed by atoms with Crippen LogP contribution in [0, 0.1) is 0 Å². The molecule has 2 heterocycles. The summed E-state index contributed by atoms with van der Waals surface area (Å²) in [7, 11) is 0. The van der Waals surface area contributed by atoms with Crippen molar-refractivity contribution in [2.24, 2.45) is 0 Å². The van der Waals surface area contributed by atoms with E-state index in [4.69, 9.17) is 14.2 Å².